The number of halogens is 1. The minimum absolute atomic E-state index is 0.0937. The molecule has 7 nitrogen and oxygen atoms in total. The SMILES string of the molecule is CN=C(NCC(=O)Nc1cc(Br)ccc1C)NCC1COc2ccccc2O1. The summed E-state index contributed by atoms with van der Waals surface area (Å²) in [5, 5.41) is 9.05. The highest BCUT2D eigenvalue weighted by Gasteiger charge is 2.20. The van der Waals surface area contributed by atoms with Crippen LogP contribution in [0.25, 0.3) is 0 Å². The molecule has 2 aromatic carbocycles. The number of nitrogens with one attached hydrogen (secondary N) is 3. The number of rotatable bonds is 5. The molecule has 0 spiro atoms. The Morgan fingerprint density at radius 3 is 2.79 bits per heavy atom. The van der Waals surface area contributed by atoms with Gasteiger partial charge in [-0.3, -0.25) is 9.79 Å². The normalized spacial score (nSPS) is 15.7. The lowest BCUT2D eigenvalue weighted by Gasteiger charge is -2.27. The van der Waals surface area contributed by atoms with Crippen LogP contribution in [0.15, 0.2) is 51.9 Å². The van der Waals surface area contributed by atoms with Crippen molar-refractivity contribution in [1.82, 2.24) is 10.6 Å². The summed E-state index contributed by atoms with van der Waals surface area (Å²) in [4.78, 5) is 16.4. The van der Waals surface area contributed by atoms with Crippen molar-refractivity contribution in [3.05, 3.63) is 52.5 Å². The van der Waals surface area contributed by atoms with E-state index in [9.17, 15) is 4.79 Å². The van der Waals surface area contributed by atoms with Crippen molar-refractivity contribution in [2.45, 2.75) is 13.0 Å². The average Bonchev–Trinajstić information content (AvgIpc) is 2.70. The number of ether oxygens (including phenoxy) is 2. The van der Waals surface area contributed by atoms with Gasteiger partial charge in [0.1, 0.15) is 12.7 Å². The van der Waals surface area contributed by atoms with Crippen molar-refractivity contribution in [2.75, 3.05) is 32.1 Å². The van der Waals surface area contributed by atoms with Crippen LogP contribution in [0.1, 0.15) is 5.56 Å². The number of nitrogens with zero attached hydrogens (tertiary/aromatic N) is 1. The molecular weight excluding hydrogens is 424 g/mol. The molecule has 1 atom stereocenters. The fraction of sp³-hybridized carbons (Fsp3) is 0.300. The van der Waals surface area contributed by atoms with Gasteiger partial charge in [0.25, 0.3) is 0 Å². The second kappa shape index (κ2) is 9.45. The number of fused-ring (bicyclic) bond motifs is 1. The molecule has 1 aliphatic rings. The van der Waals surface area contributed by atoms with Crippen LogP contribution in [0.2, 0.25) is 0 Å². The summed E-state index contributed by atoms with van der Waals surface area (Å²) in [6.07, 6.45) is -0.147. The van der Waals surface area contributed by atoms with Crippen molar-refractivity contribution in [3.63, 3.8) is 0 Å². The monoisotopic (exact) mass is 446 g/mol. The van der Waals surface area contributed by atoms with Crippen LogP contribution < -0.4 is 25.4 Å². The van der Waals surface area contributed by atoms with E-state index in [4.69, 9.17) is 9.47 Å². The lowest BCUT2D eigenvalue weighted by atomic mass is 10.2. The maximum atomic E-state index is 12.2. The van der Waals surface area contributed by atoms with Crippen molar-refractivity contribution >= 4 is 33.5 Å². The summed E-state index contributed by atoms with van der Waals surface area (Å²) in [5.74, 6) is 1.84. The third-order valence-corrected chi connectivity index (χ3v) is 4.67. The van der Waals surface area contributed by atoms with E-state index >= 15 is 0 Å². The van der Waals surface area contributed by atoms with Crippen molar-refractivity contribution in [3.8, 4) is 11.5 Å². The number of carbonyl (C=O) groups is 1. The van der Waals surface area contributed by atoms with E-state index in [2.05, 4.69) is 36.9 Å². The number of guanidine groups is 1. The zero-order valence-corrected chi connectivity index (χ0v) is 17.4. The van der Waals surface area contributed by atoms with Crippen LogP contribution in [0.3, 0.4) is 0 Å². The lowest BCUT2D eigenvalue weighted by Crippen LogP contribution is -2.47. The first kappa shape index (κ1) is 20.0. The van der Waals surface area contributed by atoms with Gasteiger partial charge >= 0.3 is 0 Å². The van der Waals surface area contributed by atoms with Crippen LogP contribution in [0, 0.1) is 6.92 Å². The van der Waals surface area contributed by atoms with Gasteiger partial charge in [0.15, 0.2) is 17.5 Å². The molecular formula is C20H23BrN4O3. The van der Waals surface area contributed by atoms with E-state index in [1.165, 1.54) is 0 Å². The predicted octanol–water partition coefficient (Wildman–Crippen LogP) is 2.70. The fourth-order valence-electron chi connectivity index (χ4n) is 2.68. The molecule has 0 fully saturated rings. The molecule has 0 bridgehead atoms. The highest BCUT2D eigenvalue weighted by molar-refractivity contribution is 9.10. The van der Waals surface area contributed by atoms with E-state index in [0.717, 1.165) is 27.2 Å². The molecule has 0 saturated heterocycles. The molecule has 1 amide bonds. The number of hydrogen-bond donors (Lipinski definition) is 3. The van der Waals surface area contributed by atoms with Gasteiger partial charge in [-0.25, -0.2) is 0 Å². The Hall–Kier alpha value is -2.74. The quantitative estimate of drug-likeness (QED) is 0.485. The van der Waals surface area contributed by atoms with Gasteiger partial charge in [-0.1, -0.05) is 34.1 Å². The van der Waals surface area contributed by atoms with E-state index in [-0.39, 0.29) is 18.6 Å². The van der Waals surface area contributed by atoms with Gasteiger partial charge in [0, 0.05) is 17.2 Å². The van der Waals surface area contributed by atoms with Crippen LogP contribution in [-0.2, 0) is 4.79 Å². The molecule has 2 aromatic rings. The van der Waals surface area contributed by atoms with Gasteiger partial charge in [-0.05, 0) is 36.8 Å². The third kappa shape index (κ3) is 5.39. The third-order valence-electron chi connectivity index (χ3n) is 4.18. The molecule has 0 aliphatic carbocycles. The first-order valence-electron chi connectivity index (χ1n) is 8.94. The molecule has 28 heavy (non-hydrogen) atoms. The van der Waals surface area contributed by atoms with E-state index in [0.29, 0.717) is 19.1 Å². The summed E-state index contributed by atoms with van der Waals surface area (Å²) in [7, 11) is 1.65. The Morgan fingerprint density at radius 1 is 1.21 bits per heavy atom. The molecule has 1 aliphatic heterocycles. The highest BCUT2D eigenvalue weighted by Crippen LogP contribution is 2.30. The molecule has 8 heteroatoms. The molecule has 1 heterocycles. The fourth-order valence-corrected chi connectivity index (χ4v) is 3.04. The van der Waals surface area contributed by atoms with E-state index in [1.807, 2.05) is 49.4 Å². The van der Waals surface area contributed by atoms with Gasteiger partial charge in [0.2, 0.25) is 5.91 Å². The number of aryl methyl sites for hydroxylation is 1. The maximum absolute atomic E-state index is 12.2. The number of amides is 1. The zero-order valence-electron chi connectivity index (χ0n) is 15.8. The number of hydrogen-bond acceptors (Lipinski definition) is 4. The Morgan fingerprint density at radius 2 is 2.00 bits per heavy atom. The molecule has 148 valence electrons. The Balaban J connectivity index is 1.45. The molecule has 3 rings (SSSR count). The summed E-state index contributed by atoms with van der Waals surface area (Å²) in [6.45, 7) is 2.99. The molecule has 3 N–H and O–H groups in total. The van der Waals surface area contributed by atoms with Gasteiger partial charge in [0.05, 0.1) is 13.1 Å². The van der Waals surface area contributed by atoms with Gasteiger partial charge in [-0.15, -0.1) is 0 Å². The van der Waals surface area contributed by atoms with Gasteiger partial charge in [-0.2, -0.15) is 0 Å². The van der Waals surface area contributed by atoms with E-state index in [1.54, 1.807) is 7.05 Å². The lowest BCUT2D eigenvalue weighted by molar-refractivity contribution is -0.115. The Labute approximate surface area is 172 Å². The Bertz CT molecular complexity index is 872. The second-order valence-corrected chi connectivity index (χ2v) is 7.23. The van der Waals surface area contributed by atoms with Crippen molar-refractivity contribution in [2.24, 2.45) is 4.99 Å². The zero-order chi connectivity index (χ0) is 19.9. The minimum atomic E-state index is -0.157. The smallest absolute Gasteiger partial charge is 0.243 e. The van der Waals surface area contributed by atoms with Crippen LogP contribution in [0.5, 0.6) is 11.5 Å². The topological polar surface area (TPSA) is 84.0 Å². The van der Waals surface area contributed by atoms with Crippen LogP contribution in [0.4, 0.5) is 5.69 Å². The van der Waals surface area contributed by atoms with Crippen molar-refractivity contribution in [1.29, 1.82) is 0 Å². The molecule has 0 saturated carbocycles. The number of para-hydroxylation sites is 2. The maximum Gasteiger partial charge on any atom is 0.243 e. The largest absolute Gasteiger partial charge is 0.486 e. The molecule has 0 aromatic heterocycles. The molecule has 1 unspecified atom stereocenters. The first-order chi connectivity index (χ1) is 13.5. The minimum Gasteiger partial charge on any atom is -0.486 e. The summed E-state index contributed by atoms with van der Waals surface area (Å²) >= 11 is 3.41. The van der Waals surface area contributed by atoms with E-state index < -0.39 is 0 Å². The Kier molecular flexibility index (Phi) is 6.76. The number of benzene rings is 2. The number of carbonyl (C=O) groups excluding carboxylic acids is 1. The second-order valence-electron chi connectivity index (χ2n) is 6.31. The standard InChI is InChI=1S/C20H23BrN4O3/c1-13-7-8-14(21)9-16(13)25-19(26)11-24-20(22-2)23-10-15-12-27-17-5-3-4-6-18(17)28-15/h3-9,15H,10-12H2,1-2H3,(H,25,26)(H2,22,23,24). The average molecular weight is 447 g/mol. The van der Waals surface area contributed by atoms with Crippen molar-refractivity contribution < 1.29 is 14.3 Å². The number of anilines is 1. The summed E-state index contributed by atoms with van der Waals surface area (Å²) in [6, 6.07) is 13.3. The highest BCUT2D eigenvalue weighted by atomic mass is 79.9. The first-order valence-corrected chi connectivity index (χ1v) is 9.73. The van der Waals surface area contributed by atoms with Crippen LogP contribution >= 0.6 is 15.9 Å². The number of aliphatic imine (C=N–C) groups is 1. The van der Waals surface area contributed by atoms with Crippen LogP contribution in [-0.4, -0.2) is 44.7 Å². The molecule has 0 radical (unpaired) electrons. The summed E-state index contributed by atoms with van der Waals surface area (Å²) in [5.41, 5.74) is 1.77. The van der Waals surface area contributed by atoms with Gasteiger partial charge < -0.3 is 25.4 Å². The predicted molar refractivity (Wildman–Crippen MR) is 113 cm³/mol. The summed E-state index contributed by atoms with van der Waals surface area (Å²) < 4.78 is 12.5.